The van der Waals surface area contributed by atoms with Gasteiger partial charge in [-0.3, -0.25) is 4.79 Å². The fraction of sp³-hybridized carbons (Fsp3) is 0.391. The van der Waals surface area contributed by atoms with Crippen molar-refractivity contribution in [3.63, 3.8) is 0 Å². The van der Waals surface area contributed by atoms with Crippen LogP contribution in [0.2, 0.25) is 0 Å². The number of aryl methyl sites for hydroxylation is 3. The summed E-state index contributed by atoms with van der Waals surface area (Å²) in [5, 5.41) is 2.72. The highest BCUT2D eigenvalue weighted by Gasteiger charge is 2.23. The number of sulfonamides is 1. The van der Waals surface area contributed by atoms with Crippen molar-refractivity contribution in [2.45, 2.75) is 38.5 Å². The van der Waals surface area contributed by atoms with Crippen LogP contribution in [0, 0.1) is 20.8 Å². The van der Waals surface area contributed by atoms with E-state index in [-0.39, 0.29) is 29.5 Å². The summed E-state index contributed by atoms with van der Waals surface area (Å²) in [6.07, 6.45) is 0.984. The van der Waals surface area contributed by atoms with Gasteiger partial charge in [-0.25, -0.2) is 17.5 Å². The zero-order chi connectivity index (χ0) is 23.2. The Kier molecular flexibility index (Phi) is 8.36. The molecule has 2 aromatic rings. The summed E-state index contributed by atoms with van der Waals surface area (Å²) >= 11 is 0. The van der Waals surface area contributed by atoms with Crippen LogP contribution in [0.25, 0.3) is 0 Å². The van der Waals surface area contributed by atoms with Gasteiger partial charge in [-0.2, -0.15) is 0 Å². The highest BCUT2D eigenvalue weighted by Crippen LogP contribution is 2.23. The molecule has 8 heteroatoms. The van der Waals surface area contributed by atoms with Gasteiger partial charge in [0.1, 0.15) is 6.61 Å². The third-order valence-corrected chi connectivity index (χ3v) is 6.97. The first-order chi connectivity index (χ1) is 14.5. The Morgan fingerprint density at radius 2 is 1.68 bits per heavy atom. The molecule has 0 unspecified atom stereocenters. The highest BCUT2D eigenvalue weighted by molar-refractivity contribution is 7.89. The third-order valence-electron chi connectivity index (χ3n) is 5.03. The van der Waals surface area contributed by atoms with E-state index in [9.17, 15) is 18.0 Å². The van der Waals surface area contributed by atoms with Crippen molar-refractivity contribution in [2.75, 3.05) is 27.2 Å². The van der Waals surface area contributed by atoms with E-state index < -0.39 is 16.0 Å². The number of esters is 1. The number of carbonyl (C=O) groups excluding carboxylic acids is 2. The Balaban J connectivity index is 1.88. The minimum absolute atomic E-state index is 0.00219. The number of nitrogens with zero attached hydrogens (tertiary/aromatic N) is 1. The van der Waals surface area contributed by atoms with Gasteiger partial charge >= 0.3 is 5.97 Å². The van der Waals surface area contributed by atoms with Crippen molar-refractivity contribution in [3.8, 4) is 0 Å². The Morgan fingerprint density at radius 3 is 2.29 bits per heavy atom. The van der Waals surface area contributed by atoms with E-state index in [1.54, 1.807) is 19.9 Å². The quantitative estimate of drug-likeness (QED) is 0.472. The maximum atomic E-state index is 12.5. The van der Waals surface area contributed by atoms with Crippen LogP contribution in [0.4, 0.5) is 0 Å². The van der Waals surface area contributed by atoms with Crippen molar-refractivity contribution < 1.29 is 22.7 Å². The monoisotopic (exact) mass is 446 g/mol. The van der Waals surface area contributed by atoms with E-state index >= 15 is 0 Å². The fourth-order valence-electron chi connectivity index (χ4n) is 2.93. The molecule has 31 heavy (non-hydrogen) atoms. The Hall–Kier alpha value is -2.71. The molecule has 0 atom stereocenters. The molecule has 1 N–H and O–H groups in total. The van der Waals surface area contributed by atoms with Crippen LogP contribution in [0.15, 0.2) is 41.3 Å². The fourth-order valence-corrected chi connectivity index (χ4v) is 4.15. The molecule has 168 valence electrons. The minimum Gasteiger partial charge on any atom is -0.460 e. The number of carbonyl (C=O) groups is 2. The molecule has 0 spiro atoms. The maximum Gasteiger partial charge on any atom is 0.338 e. The predicted molar refractivity (Wildman–Crippen MR) is 120 cm³/mol. The van der Waals surface area contributed by atoms with Gasteiger partial charge in [-0.05, 0) is 56.0 Å². The summed E-state index contributed by atoms with van der Waals surface area (Å²) < 4.78 is 31.4. The molecule has 0 aliphatic rings. The first kappa shape index (κ1) is 24.6. The van der Waals surface area contributed by atoms with Crippen molar-refractivity contribution in [1.82, 2.24) is 9.62 Å². The van der Waals surface area contributed by atoms with E-state index in [0.717, 1.165) is 9.87 Å². The molecule has 1 amide bonds. The van der Waals surface area contributed by atoms with Crippen LogP contribution in [-0.4, -0.2) is 51.8 Å². The second-order valence-electron chi connectivity index (χ2n) is 7.68. The molecular weight excluding hydrogens is 416 g/mol. The van der Waals surface area contributed by atoms with E-state index in [2.05, 4.69) is 5.32 Å². The summed E-state index contributed by atoms with van der Waals surface area (Å²) in [5.74, 6) is -0.755. The molecule has 0 aliphatic heterocycles. The molecule has 0 bridgehead atoms. The number of benzene rings is 2. The van der Waals surface area contributed by atoms with Crippen LogP contribution >= 0.6 is 0 Å². The molecule has 2 aromatic carbocycles. The largest absolute Gasteiger partial charge is 0.460 e. The number of hydrogen-bond donors (Lipinski definition) is 1. The molecule has 2 rings (SSSR count). The lowest BCUT2D eigenvalue weighted by atomic mass is 10.1. The number of hydrogen-bond acceptors (Lipinski definition) is 5. The van der Waals surface area contributed by atoms with Crippen LogP contribution in [0.5, 0.6) is 0 Å². The standard InChI is InChI=1S/C23H30N2O5S/c1-16-6-8-19(9-7-16)10-11-22(26)24-12-13-30-23(27)20-14-17(2)18(3)21(15-20)31(28,29)25(4)5/h6-9,14-15H,10-13H2,1-5H3,(H,24,26). The van der Waals surface area contributed by atoms with E-state index in [4.69, 9.17) is 4.74 Å². The summed E-state index contributed by atoms with van der Waals surface area (Å²) in [7, 11) is -0.803. The average Bonchev–Trinajstić information content (AvgIpc) is 2.72. The van der Waals surface area contributed by atoms with Gasteiger partial charge < -0.3 is 10.1 Å². The van der Waals surface area contributed by atoms with Crippen molar-refractivity contribution in [1.29, 1.82) is 0 Å². The van der Waals surface area contributed by atoms with Crippen molar-refractivity contribution >= 4 is 21.9 Å². The molecule has 7 nitrogen and oxygen atoms in total. The first-order valence-corrected chi connectivity index (χ1v) is 11.5. The van der Waals surface area contributed by atoms with Crippen LogP contribution in [-0.2, 0) is 26.0 Å². The molecular formula is C23H30N2O5S. The lowest BCUT2D eigenvalue weighted by Crippen LogP contribution is -2.28. The Bertz CT molecular complexity index is 1040. The van der Waals surface area contributed by atoms with Crippen LogP contribution in [0.3, 0.4) is 0 Å². The van der Waals surface area contributed by atoms with Crippen LogP contribution in [0.1, 0.15) is 39.0 Å². The Morgan fingerprint density at radius 1 is 1.03 bits per heavy atom. The zero-order valence-corrected chi connectivity index (χ0v) is 19.5. The lowest BCUT2D eigenvalue weighted by molar-refractivity contribution is -0.121. The highest BCUT2D eigenvalue weighted by atomic mass is 32.2. The van der Waals surface area contributed by atoms with Gasteiger partial charge in [-0.1, -0.05) is 29.8 Å². The summed E-state index contributed by atoms with van der Waals surface area (Å²) in [6.45, 7) is 5.64. The van der Waals surface area contributed by atoms with Gasteiger partial charge in [0, 0.05) is 20.5 Å². The second-order valence-corrected chi connectivity index (χ2v) is 9.80. The van der Waals surface area contributed by atoms with Gasteiger partial charge in [0.05, 0.1) is 17.0 Å². The second kappa shape index (κ2) is 10.5. The molecule has 0 fully saturated rings. The number of amides is 1. The molecule has 0 radical (unpaired) electrons. The molecule has 0 heterocycles. The van der Waals surface area contributed by atoms with Crippen molar-refractivity contribution in [3.05, 3.63) is 64.2 Å². The number of nitrogens with one attached hydrogen (secondary N) is 1. The van der Waals surface area contributed by atoms with E-state index in [1.165, 1.54) is 25.7 Å². The summed E-state index contributed by atoms with van der Waals surface area (Å²) in [6, 6.07) is 11.0. The first-order valence-electron chi connectivity index (χ1n) is 10.1. The Labute approximate surface area is 184 Å². The van der Waals surface area contributed by atoms with Gasteiger partial charge in [-0.15, -0.1) is 0 Å². The molecule has 0 aromatic heterocycles. The smallest absolute Gasteiger partial charge is 0.338 e. The maximum absolute atomic E-state index is 12.5. The summed E-state index contributed by atoms with van der Waals surface area (Å²) in [5.41, 5.74) is 3.69. The number of rotatable bonds is 9. The SMILES string of the molecule is Cc1ccc(CCC(=O)NCCOC(=O)c2cc(C)c(C)c(S(=O)(=O)N(C)C)c2)cc1. The van der Waals surface area contributed by atoms with Gasteiger partial charge in [0.2, 0.25) is 15.9 Å². The van der Waals surface area contributed by atoms with Gasteiger partial charge in [0.15, 0.2) is 0 Å². The molecule has 0 saturated carbocycles. The molecule has 0 aliphatic carbocycles. The predicted octanol–water partition coefficient (Wildman–Crippen LogP) is 2.77. The van der Waals surface area contributed by atoms with E-state index in [0.29, 0.717) is 24.0 Å². The third kappa shape index (κ3) is 6.63. The summed E-state index contributed by atoms with van der Waals surface area (Å²) in [4.78, 5) is 24.5. The average molecular weight is 447 g/mol. The van der Waals surface area contributed by atoms with Gasteiger partial charge in [0.25, 0.3) is 0 Å². The lowest BCUT2D eigenvalue weighted by Gasteiger charge is -2.16. The normalized spacial score (nSPS) is 11.4. The van der Waals surface area contributed by atoms with Crippen molar-refractivity contribution in [2.24, 2.45) is 0 Å². The topological polar surface area (TPSA) is 92.8 Å². The minimum atomic E-state index is -3.69. The number of ether oxygens (including phenoxy) is 1. The van der Waals surface area contributed by atoms with Crippen LogP contribution < -0.4 is 5.32 Å². The zero-order valence-electron chi connectivity index (χ0n) is 18.7. The molecule has 0 saturated heterocycles. The van der Waals surface area contributed by atoms with E-state index in [1.807, 2.05) is 31.2 Å².